The Morgan fingerprint density at radius 3 is 0.738 bits per heavy atom. The quantitative estimate of drug-likeness (QED) is 0.0420. The van der Waals surface area contributed by atoms with Crippen LogP contribution in [0.15, 0.2) is 72.8 Å². The van der Waals surface area contributed by atoms with Crippen molar-refractivity contribution in [3.05, 3.63) is 72.8 Å². The van der Waals surface area contributed by atoms with E-state index in [0.29, 0.717) is 0 Å². The van der Waals surface area contributed by atoms with Gasteiger partial charge in [-0.05, 0) is 45.0 Å². The molecule has 4 aromatic carbocycles. The van der Waals surface area contributed by atoms with Gasteiger partial charge in [0.25, 0.3) is 0 Å². The lowest BCUT2D eigenvalue weighted by Crippen LogP contribution is -2.34. The topological polar surface area (TPSA) is 73.8 Å². The lowest BCUT2D eigenvalue weighted by Gasteiger charge is -2.33. The van der Waals surface area contributed by atoms with Crippen molar-refractivity contribution in [3.63, 3.8) is 0 Å². The zero-order chi connectivity index (χ0) is 43.7. The molecule has 0 bridgehead atoms. The molecule has 0 aromatic heterocycles. The van der Waals surface area contributed by atoms with Crippen LogP contribution in [-0.4, -0.2) is 103 Å². The first-order valence-electron chi connectivity index (χ1n) is 22.7. The van der Waals surface area contributed by atoms with Gasteiger partial charge in [0, 0.05) is 0 Å². The fraction of sp³-hybridized carbons (Fsp3) is 0.500. The molecule has 0 saturated heterocycles. The van der Waals surface area contributed by atoms with Crippen molar-refractivity contribution in [1.29, 1.82) is 0 Å². The van der Waals surface area contributed by atoms with Gasteiger partial charge in [-0.3, -0.25) is 0 Å². The Kier molecular flexibility index (Phi) is 23.1. The molecule has 0 radical (unpaired) electrons. The monoisotopic (exact) mass is 920 g/mol. The summed E-state index contributed by atoms with van der Waals surface area (Å²) >= 11 is 0. The fourth-order valence-electron chi connectivity index (χ4n) is 9.32. The molecule has 4 aromatic rings. The van der Waals surface area contributed by atoms with Crippen LogP contribution < -0.4 is 58.6 Å². The van der Waals surface area contributed by atoms with E-state index in [-0.39, 0.29) is 0 Å². The number of rotatable bonds is 32. The lowest BCUT2D eigenvalue weighted by atomic mass is 10.3. The highest BCUT2D eigenvalue weighted by molar-refractivity contribution is 6.79. The summed E-state index contributed by atoms with van der Waals surface area (Å²) in [6.07, 6.45) is 10.7. The van der Waals surface area contributed by atoms with Crippen molar-refractivity contribution in [2.24, 2.45) is 0 Å². The van der Waals surface area contributed by atoms with E-state index in [9.17, 15) is 0 Å². The molecule has 0 heterocycles. The van der Waals surface area contributed by atoms with Crippen LogP contribution in [0, 0.1) is 0 Å². The Balaban J connectivity index is 1.46. The minimum atomic E-state index is -1.56. The van der Waals surface area contributed by atoms with Crippen LogP contribution >= 0.6 is 0 Å². The number of methoxy groups -OCH3 is 8. The second-order valence-corrected chi connectivity index (χ2v) is 29.2. The van der Waals surface area contributed by atoms with Gasteiger partial charge in [-0.2, -0.15) is 0 Å². The Labute approximate surface area is 378 Å². The maximum Gasteiger partial charge on any atom is 0.160 e. The average molecular weight is 922 g/mol. The van der Waals surface area contributed by atoms with Crippen molar-refractivity contribution in [2.75, 3.05) is 56.9 Å². The normalized spacial score (nSPS) is 12.9. The Hall–Kier alpha value is -3.64. The lowest BCUT2D eigenvalue weighted by molar-refractivity contribution is 0.357. The van der Waals surface area contributed by atoms with E-state index in [1.54, 1.807) is 56.9 Å². The van der Waals surface area contributed by atoms with Crippen molar-refractivity contribution in [3.8, 4) is 46.0 Å². The molecule has 0 unspecified atom stereocenters. The molecule has 0 atom stereocenters. The second-order valence-electron chi connectivity index (χ2n) is 16.4. The van der Waals surface area contributed by atoms with E-state index in [2.05, 4.69) is 48.5 Å². The molecule has 0 saturated carbocycles. The summed E-state index contributed by atoms with van der Waals surface area (Å²) in [5.74, 6) is 7.20. The fourth-order valence-corrected chi connectivity index (χ4v) is 22.2. The highest BCUT2D eigenvalue weighted by Gasteiger charge is 2.31. The summed E-state index contributed by atoms with van der Waals surface area (Å²) in [4.78, 5) is 0. The molecular weight excluding hydrogens is 845 g/mol. The average Bonchev–Trinajstić information content (AvgIpc) is 3.30. The van der Waals surface area contributed by atoms with E-state index < -0.39 is 46.2 Å². The Morgan fingerprint density at radius 1 is 0.311 bits per heavy atom. The summed E-state index contributed by atoms with van der Waals surface area (Å²) in [7, 11) is 10.7. The largest absolute Gasteiger partial charge is 0.493 e. The van der Waals surface area contributed by atoms with Crippen LogP contribution in [0.3, 0.4) is 0 Å². The highest BCUT2D eigenvalue weighted by Crippen LogP contribution is 2.35. The third-order valence-electron chi connectivity index (χ3n) is 12.6. The summed E-state index contributed by atoms with van der Waals surface area (Å²) < 4.78 is 45.8. The van der Waals surface area contributed by atoms with Crippen molar-refractivity contribution in [2.45, 2.75) is 99.7 Å². The first-order chi connectivity index (χ1) is 29.9. The third-order valence-corrected chi connectivity index (χ3v) is 26.0. The molecule has 0 aliphatic carbocycles. The van der Waals surface area contributed by atoms with Crippen molar-refractivity contribution < 1.29 is 37.9 Å². The number of benzene rings is 4. The first-order valence-corrected chi connectivity index (χ1v) is 32.4. The van der Waals surface area contributed by atoms with E-state index in [4.69, 9.17) is 37.9 Å². The number of hydrogen-bond acceptors (Lipinski definition) is 8. The number of unbranched alkanes of at least 4 members (excludes halogenated alkanes) is 4. The van der Waals surface area contributed by atoms with E-state index in [1.165, 1.54) is 120 Å². The predicted molar refractivity (Wildman–Crippen MR) is 272 cm³/mol. The molecule has 0 fully saturated rings. The summed E-state index contributed by atoms with van der Waals surface area (Å²) in [5, 5.41) is 5.54. The molecule has 61 heavy (non-hydrogen) atoms. The van der Waals surface area contributed by atoms with Crippen LogP contribution in [0.1, 0.15) is 51.4 Å². The van der Waals surface area contributed by atoms with Gasteiger partial charge in [-0.25, -0.2) is 0 Å². The SMILES string of the molecule is COc1cccc([SiH2]CCCC[Si](CCCC[SiH2]c2cccc(OC)c2OC)(CCCC[SiH2]c2cccc(OC)c2OC)CCCC[SiH2]c2cccc(OC)c2OC)c1OC. The number of ether oxygens (including phenoxy) is 8. The molecular formula is C48H76O8Si5. The molecule has 4 rings (SSSR count). The standard InChI is InChI=1S/C48H76O8Si5/c1-49-37-21-17-25-41(45(37)53-5)57-29-9-13-33-61(34-14-10-30-58-42-26-18-22-38(50-2)46(42)54-6,35-15-11-31-59-43-27-19-23-39(51-3)47(43)55-7)36-16-12-32-60-44-28-20-24-40(52-4)48(44)56-8/h17-28H,9-16,29-36,57-60H2,1-8H3. The zero-order valence-electron chi connectivity index (χ0n) is 38.8. The summed E-state index contributed by atoms with van der Waals surface area (Å²) in [6, 6.07) is 36.6. The molecule has 0 amide bonds. The molecule has 336 valence electrons. The molecule has 0 N–H and O–H groups in total. The zero-order valence-corrected chi connectivity index (χ0v) is 45.5. The van der Waals surface area contributed by atoms with Gasteiger partial charge in [0.15, 0.2) is 46.0 Å². The molecule has 0 aliphatic heterocycles. The number of para-hydroxylation sites is 4. The first kappa shape index (κ1) is 50.0. The van der Waals surface area contributed by atoms with Gasteiger partial charge in [-0.15, -0.1) is 0 Å². The van der Waals surface area contributed by atoms with E-state index in [0.717, 1.165) is 46.0 Å². The summed E-state index contributed by atoms with van der Waals surface area (Å²) in [6.45, 7) is 0. The molecule has 0 aliphatic rings. The van der Waals surface area contributed by atoms with Crippen LogP contribution in [0.5, 0.6) is 46.0 Å². The van der Waals surface area contributed by atoms with Crippen LogP contribution in [-0.2, 0) is 0 Å². The van der Waals surface area contributed by atoms with Gasteiger partial charge >= 0.3 is 0 Å². The third kappa shape index (κ3) is 15.3. The van der Waals surface area contributed by atoms with E-state index >= 15 is 0 Å². The van der Waals surface area contributed by atoms with Gasteiger partial charge < -0.3 is 37.9 Å². The maximum atomic E-state index is 5.81. The van der Waals surface area contributed by atoms with Crippen LogP contribution in [0.25, 0.3) is 0 Å². The predicted octanol–water partition coefficient (Wildman–Crippen LogP) is 6.28. The smallest absolute Gasteiger partial charge is 0.160 e. The number of hydrogen-bond donors (Lipinski definition) is 0. The summed E-state index contributed by atoms with van der Waals surface area (Å²) in [5.41, 5.74) is 0. The van der Waals surface area contributed by atoms with Gasteiger partial charge in [0.05, 0.1) is 103 Å². The molecule has 8 nitrogen and oxygen atoms in total. The highest BCUT2D eigenvalue weighted by atomic mass is 28.3. The van der Waals surface area contributed by atoms with Crippen LogP contribution in [0.2, 0.25) is 48.4 Å². The van der Waals surface area contributed by atoms with Gasteiger partial charge in [-0.1, -0.05) is 148 Å². The minimum Gasteiger partial charge on any atom is -0.493 e. The van der Waals surface area contributed by atoms with Crippen molar-refractivity contribution in [1.82, 2.24) is 0 Å². The van der Waals surface area contributed by atoms with Crippen LogP contribution in [0.4, 0.5) is 0 Å². The minimum absolute atomic E-state index is 0.456. The van der Waals surface area contributed by atoms with E-state index in [1.807, 2.05) is 24.3 Å². The van der Waals surface area contributed by atoms with Crippen molar-refractivity contribution >= 4 is 66.9 Å². The maximum absolute atomic E-state index is 5.81. The molecule has 0 spiro atoms. The Bertz CT molecular complexity index is 1590. The second kappa shape index (κ2) is 28.1. The Morgan fingerprint density at radius 2 is 0.541 bits per heavy atom. The van der Waals surface area contributed by atoms with Gasteiger partial charge in [0.2, 0.25) is 0 Å². The van der Waals surface area contributed by atoms with Gasteiger partial charge in [0.1, 0.15) is 0 Å². The molecule has 13 heteroatoms.